The topological polar surface area (TPSA) is 86.9 Å². The predicted molar refractivity (Wildman–Crippen MR) is 103 cm³/mol. The van der Waals surface area contributed by atoms with E-state index >= 15 is 0 Å². The van der Waals surface area contributed by atoms with Gasteiger partial charge >= 0.3 is 0 Å². The van der Waals surface area contributed by atoms with Gasteiger partial charge in [0, 0.05) is 6.20 Å². The van der Waals surface area contributed by atoms with E-state index in [0.29, 0.717) is 12.3 Å². The lowest BCUT2D eigenvalue weighted by atomic mass is 10.2. The van der Waals surface area contributed by atoms with Crippen molar-refractivity contribution in [2.24, 2.45) is 0 Å². The number of halogens is 1. The summed E-state index contributed by atoms with van der Waals surface area (Å²) in [5, 5.41) is 10.9. The number of nitrogens with zero attached hydrogens (tertiary/aromatic N) is 5. The van der Waals surface area contributed by atoms with Gasteiger partial charge in [-0.1, -0.05) is 30.3 Å². The van der Waals surface area contributed by atoms with E-state index in [2.05, 4.69) is 20.5 Å². The first-order valence-corrected chi connectivity index (χ1v) is 8.82. The molecule has 0 aliphatic rings. The fraction of sp³-hybridized carbons (Fsp3) is 0.100. The number of ether oxygens (including phenoxy) is 1. The molecule has 4 rings (SSSR count). The fourth-order valence-corrected chi connectivity index (χ4v) is 2.63. The van der Waals surface area contributed by atoms with Crippen LogP contribution in [0.4, 0.5) is 10.3 Å². The van der Waals surface area contributed by atoms with E-state index < -0.39 is 5.91 Å². The highest BCUT2D eigenvalue weighted by molar-refractivity contribution is 6.01. The molecule has 0 saturated heterocycles. The molecule has 0 fully saturated rings. The van der Waals surface area contributed by atoms with Gasteiger partial charge in [-0.05, 0) is 35.9 Å². The second kappa shape index (κ2) is 8.34. The summed E-state index contributed by atoms with van der Waals surface area (Å²) in [7, 11) is 0. The molecule has 2 aromatic heterocycles. The van der Waals surface area contributed by atoms with Crippen LogP contribution in [-0.4, -0.2) is 30.5 Å². The minimum atomic E-state index is -0.438. The van der Waals surface area contributed by atoms with E-state index in [1.165, 1.54) is 27.8 Å². The second-order valence-corrected chi connectivity index (χ2v) is 6.18. The van der Waals surface area contributed by atoms with Crippen LogP contribution >= 0.6 is 0 Å². The summed E-state index contributed by atoms with van der Waals surface area (Å²) in [5.74, 6) is 0.0958. The smallest absolute Gasteiger partial charge is 0.278 e. The number of rotatable bonds is 7. The van der Waals surface area contributed by atoms with Gasteiger partial charge in [-0.3, -0.25) is 10.1 Å². The van der Waals surface area contributed by atoms with Gasteiger partial charge in [0.1, 0.15) is 17.9 Å². The van der Waals surface area contributed by atoms with Gasteiger partial charge in [-0.15, -0.1) is 5.10 Å². The van der Waals surface area contributed by atoms with E-state index in [9.17, 15) is 9.18 Å². The Morgan fingerprint density at radius 2 is 1.90 bits per heavy atom. The zero-order chi connectivity index (χ0) is 20.1. The first-order valence-electron chi connectivity index (χ1n) is 8.82. The van der Waals surface area contributed by atoms with Crippen LogP contribution in [0.15, 0.2) is 73.2 Å². The monoisotopic (exact) mass is 392 g/mol. The number of hydrogen-bond acceptors (Lipinski definition) is 5. The Morgan fingerprint density at radius 1 is 1.03 bits per heavy atom. The Bertz CT molecular complexity index is 1110. The molecule has 1 N–H and O–H groups in total. The number of hydrogen-bond donors (Lipinski definition) is 1. The summed E-state index contributed by atoms with van der Waals surface area (Å²) in [4.78, 5) is 16.4. The van der Waals surface area contributed by atoms with Gasteiger partial charge in [0.15, 0.2) is 12.4 Å². The predicted octanol–water partition coefficient (Wildman–Crippen LogP) is 2.95. The van der Waals surface area contributed by atoms with Crippen LogP contribution in [0.25, 0.3) is 0 Å². The molecule has 0 radical (unpaired) electrons. The molecular weight excluding hydrogens is 375 g/mol. The highest BCUT2D eigenvalue weighted by Crippen LogP contribution is 2.10. The van der Waals surface area contributed by atoms with Crippen LogP contribution in [0.3, 0.4) is 0 Å². The Balaban J connectivity index is 1.34. The van der Waals surface area contributed by atoms with Gasteiger partial charge in [-0.25, -0.2) is 18.7 Å². The summed E-state index contributed by atoms with van der Waals surface area (Å²) in [6.07, 6.45) is 3.11. The fourth-order valence-electron chi connectivity index (χ4n) is 2.63. The number of nitrogens with one attached hydrogen (secondary N) is 1. The van der Waals surface area contributed by atoms with Crippen molar-refractivity contribution in [3.63, 3.8) is 0 Å². The Morgan fingerprint density at radius 3 is 2.72 bits per heavy atom. The second-order valence-electron chi connectivity index (χ2n) is 6.18. The third kappa shape index (κ3) is 4.83. The molecule has 0 atom stereocenters. The lowest BCUT2D eigenvalue weighted by molar-refractivity contribution is 0.101. The molecule has 0 spiro atoms. The maximum atomic E-state index is 13.3. The summed E-state index contributed by atoms with van der Waals surface area (Å²) < 4.78 is 21.9. The van der Waals surface area contributed by atoms with Crippen molar-refractivity contribution in [1.82, 2.24) is 24.5 Å². The van der Waals surface area contributed by atoms with E-state index in [1.807, 2.05) is 30.3 Å². The largest absolute Gasteiger partial charge is 0.471 e. The van der Waals surface area contributed by atoms with Gasteiger partial charge in [-0.2, -0.15) is 5.10 Å². The number of amides is 1. The molecule has 146 valence electrons. The molecule has 0 aliphatic heterocycles. The van der Waals surface area contributed by atoms with Crippen molar-refractivity contribution in [1.29, 1.82) is 0 Å². The molecule has 0 saturated carbocycles. The van der Waals surface area contributed by atoms with Crippen LogP contribution in [0.2, 0.25) is 0 Å². The molecule has 0 unspecified atom stereocenters. The standard InChI is InChI=1S/C20H17FN6O2/c21-16-6-4-5-15(11-16)12-27-13-22-20(25-27)23-19(28)18-9-10-26(24-18)14-29-17-7-2-1-3-8-17/h1-11,13H,12,14H2,(H,23,25,28). The lowest BCUT2D eigenvalue weighted by Gasteiger charge is -2.05. The average molecular weight is 392 g/mol. The highest BCUT2D eigenvalue weighted by atomic mass is 19.1. The third-order valence-electron chi connectivity index (χ3n) is 3.98. The molecule has 2 aromatic carbocycles. The van der Waals surface area contributed by atoms with Gasteiger partial charge < -0.3 is 4.74 Å². The van der Waals surface area contributed by atoms with Gasteiger partial charge in [0.05, 0.1) is 6.54 Å². The maximum Gasteiger partial charge on any atom is 0.278 e. The number of anilines is 1. The van der Waals surface area contributed by atoms with Crippen molar-refractivity contribution >= 4 is 11.9 Å². The highest BCUT2D eigenvalue weighted by Gasteiger charge is 2.12. The molecule has 0 aliphatic carbocycles. The van der Waals surface area contributed by atoms with Gasteiger partial charge in [0.25, 0.3) is 5.91 Å². The first-order chi connectivity index (χ1) is 14.2. The summed E-state index contributed by atoms with van der Waals surface area (Å²) in [6, 6.07) is 17.1. The molecule has 1 amide bonds. The normalized spacial score (nSPS) is 10.7. The lowest BCUT2D eigenvalue weighted by Crippen LogP contribution is -2.15. The first kappa shape index (κ1) is 18.4. The zero-order valence-electron chi connectivity index (χ0n) is 15.3. The van der Waals surface area contributed by atoms with Crippen molar-refractivity contribution in [2.45, 2.75) is 13.3 Å². The number of carbonyl (C=O) groups is 1. The molecule has 4 aromatic rings. The van der Waals surface area contributed by atoms with Crippen LogP contribution in [-0.2, 0) is 13.3 Å². The Hall–Kier alpha value is -4.01. The van der Waals surface area contributed by atoms with Crippen LogP contribution in [0.1, 0.15) is 16.1 Å². The van der Waals surface area contributed by atoms with Crippen LogP contribution in [0.5, 0.6) is 5.75 Å². The van der Waals surface area contributed by atoms with Crippen LogP contribution in [0, 0.1) is 5.82 Å². The number of benzene rings is 2. The molecule has 0 bridgehead atoms. The SMILES string of the molecule is O=C(Nc1ncn(Cc2cccc(F)c2)n1)c1ccn(COc2ccccc2)n1. The van der Waals surface area contributed by atoms with Gasteiger partial charge in [0.2, 0.25) is 5.95 Å². The number of para-hydroxylation sites is 1. The quantitative estimate of drug-likeness (QED) is 0.523. The Kier molecular flexibility index (Phi) is 5.28. The molecule has 29 heavy (non-hydrogen) atoms. The maximum absolute atomic E-state index is 13.3. The van der Waals surface area contributed by atoms with E-state index in [1.54, 1.807) is 24.4 Å². The van der Waals surface area contributed by atoms with E-state index in [0.717, 1.165) is 5.56 Å². The van der Waals surface area contributed by atoms with E-state index in [4.69, 9.17) is 4.74 Å². The minimum Gasteiger partial charge on any atom is -0.471 e. The average Bonchev–Trinajstić information content (AvgIpc) is 3.37. The third-order valence-corrected chi connectivity index (χ3v) is 3.98. The summed E-state index contributed by atoms with van der Waals surface area (Å²) in [6.45, 7) is 0.518. The zero-order valence-corrected chi connectivity index (χ0v) is 15.3. The summed E-state index contributed by atoms with van der Waals surface area (Å²) in [5.41, 5.74) is 0.952. The summed E-state index contributed by atoms with van der Waals surface area (Å²) >= 11 is 0. The van der Waals surface area contributed by atoms with Crippen molar-refractivity contribution in [3.05, 3.63) is 90.3 Å². The van der Waals surface area contributed by atoms with Crippen LogP contribution < -0.4 is 10.1 Å². The number of carbonyl (C=O) groups excluding carboxylic acids is 1. The van der Waals surface area contributed by atoms with Crippen molar-refractivity contribution in [2.75, 3.05) is 5.32 Å². The molecule has 8 nitrogen and oxygen atoms in total. The molecule has 9 heteroatoms. The number of aromatic nitrogens is 5. The minimum absolute atomic E-state index is 0.140. The van der Waals surface area contributed by atoms with E-state index in [-0.39, 0.29) is 24.2 Å². The Labute approximate surface area is 165 Å². The molecular formula is C20H17FN6O2. The van der Waals surface area contributed by atoms with Crippen molar-refractivity contribution in [3.8, 4) is 5.75 Å². The molecule has 2 heterocycles. The van der Waals surface area contributed by atoms with Crippen molar-refractivity contribution < 1.29 is 13.9 Å².